The number of carbonyl (C=O) groups is 2. The zero-order chi connectivity index (χ0) is 20.0. The van der Waals surface area contributed by atoms with Crippen molar-refractivity contribution in [3.63, 3.8) is 0 Å². The Balaban J connectivity index is 2.17. The first-order valence-electron chi connectivity index (χ1n) is 8.88. The van der Waals surface area contributed by atoms with Crippen molar-refractivity contribution in [1.29, 1.82) is 0 Å². The third-order valence-electron chi connectivity index (χ3n) is 4.13. The molecule has 1 aliphatic rings. The number of nitrogens with one attached hydrogen (secondary N) is 2. The Morgan fingerprint density at radius 3 is 2.70 bits per heavy atom. The van der Waals surface area contributed by atoms with Crippen LogP contribution in [0.1, 0.15) is 25.8 Å². The highest BCUT2D eigenvalue weighted by Crippen LogP contribution is 2.33. The summed E-state index contributed by atoms with van der Waals surface area (Å²) in [4.78, 5) is 25.6. The number of alkyl halides is 2. The Kier molecular flexibility index (Phi) is 7.64. The Morgan fingerprint density at radius 1 is 1.37 bits per heavy atom. The van der Waals surface area contributed by atoms with E-state index in [1.54, 1.807) is 0 Å². The summed E-state index contributed by atoms with van der Waals surface area (Å²) in [6, 6.07) is 3.48. The summed E-state index contributed by atoms with van der Waals surface area (Å²) in [7, 11) is 0. The van der Waals surface area contributed by atoms with E-state index in [2.05, 4.69) is 10.6 Å². The molecule has 0 spiro atoms. The number of nitrogens with zero attached hydrogens (tertiary/aromatic N) is 1. The molecule has 9 heteroatoms. The molecule has 0 aliphatic carbocycles. The number of morpholine rings is 1. The molecule has 0 bridgehead atoms. The topological polar surface area (TPSA) is 96.7 Å². The lowest BCUT2D eigenvalue weighted by atomic mass is 10.1. The van der Waals surface area contributed by atoms with E-state index in [1.165, 1.54) is 23.1 Å². The van der Waals surface area contributed by atoms with Gasteiger partial charge in [0, 0.05) is 24.3 Å². The molecule has 0 radical (unpaired) electrons. The minimum absolute atomic E-state index is 0.0839. The Bertz CT molecular complexity index is 670. The van der Waals surface area contributed by atoms with Crippen LogP contribution in [0.25, 0.3) is 0 Å². The number of halogens is 2. The molecule has 1 aromatic rings. The van der Waals surface area contributed by atoms with Crippen LogP contribution in [-0.2, 0) is 14.3 Å². The first-order valence-corrected chi connectivity index (χ1v) is 8.88. The molecule has 1 fully saturated rings. The van der Waals surface area contributed by atoms with Crippen LogP contribution in [0.15, 0.2) is 18.2 Å². The van der Waals surface area contributed by atoms with Crippen LogP contribution >= 0.6 is 0 Å². The summed E-state index contributed by atoms with van der Waals surface area (Å²) in [5.41, 5.74) is 5.67. The SMILES string of the molecule is CC(C)CN[C@@H](CN)C(=O)Nc1ccc(N2CCOCC2=O)c(C(F)F)c1. The van der Waals surface area contributed by atoms with Crippen molar-refractivity contribution in [1.82, 2.24) is 5.32 Å². The van der Waals surface area contributed by atoms with Crippen LogP contribution in [-0.4, -0.2) is 50.7 Å². The van der Waals surface area contributed by atoms with E-state index < -0.39 is 18.4 Å². The number of ether oxygens (including phenoxy) is 1. The number of anilines is 2. The quantitative estimate of drug-likeness (QED) is 0.631. The summed E-state index contributed by atoms with van der Waals surface area (Å²) in [5, 5.41) is 5.65. The standard InChI is InChI=1S/C18H26F2N4O3/c1-11(2)9-22-14(8-21)18(26)23-12-3-4-15(13(7-12)17(19)20)24-5-6-27-10-16(24)25/h3-4,7,11,14,17,22H,5-6,8-10,21H2,1-2H3,(H,23,26)/t14-/m0/s1. The third kappa shape index (κ3) is 5.69. The number of amides is 2. The lowest BCUT2D eigenvalue weighted by Crippen LogP contribution is -2.47. The Labute approximate surface area is 157 Å². The number of rotatable bonds is 8. The van der Waals surface area contributed by atoms with E-state index in [0.29, 0.717) is 12.5 Å². The van der Waals surface area contributed by atoms with Crippen LogP contribution < -0.4 is 21.3 Å². The first kappa shape index (κ1) is 21.2. The minimum Gasteiger partial charge on any atom is -0.370 e. The minimum atomic E-state index is -2.79. The van der Waals surface area contributed by atoms with Crippen molar-refractivity contribution < 1.29 is 23.1 Å². The molecule has 0 unspecified atom stereocenters. The van der Waals surface area contributed by atoms with Crippen LogP contribution in [0.2, 0.25) is 0 Å². The van der Waals surface area contributed by atoms with Gasteiger partial charge in [-0.15, -0.1) is 0 Å². The van der Waals surface area contributed by atoms with Gasteiger partial charge in [0.25, 0.3) is 12.3 Å². The summed E-state index contributed by atoms with van der Waals surface area (Å²) < 4.78 is 32.1. The Morgan fingerprint density at radius 2 is 2.11 bits per heavy atom. The number of carbonyl (C=O) groups excluding carboxylic acids is 2. The first-order chi connectivity index (χ1) is 12.8. The molecular formula is C18H26F2N4O3. The number of nitrogens with two attached hydrogens (primary N) is 1. The molecule has 7 nitrogen and oxygen atoms in total. The van der Waals surface area contributed by atoms with Crippen molar-refractivity contribution in [3.05, 3.63) is 23.8 Å². The average molecular weight is 384 g/mol. The van der Waals surface area contributed by atoms with E-state index in [4.69, 9.17) is 10.5 Å². The summed E-state index contributed by atoms with van der Waals surface area (Å²) >= 11 is 0. The fourth-order valence-electron chi connectivity index (χ4n) is 2.72. The molecule has 27 heavy (non-hydrogen) atoms. The van der Waals surface area contributed by atoms with Gasteiger partial charge in [0.1, 0.15) is 6.61 Å². The molecule has 1 aromatic carbocycles. The van der Waals surface area contributed by atoms with Crippen molar-refractivity contribution in [2.45, 2.75) is 26.3 Å². The fraction of sp³-hybridized carbons (Fsp3) is 0.556. The zero-order valence-electron chi connectivity index (χ0n) is 15.5. The number of hydrogen-bond acceptors (Lipinski definition) is 5. The molecule has 1 aliphatic heterocycles. The molecular weight excluding hydrogens is 358 g/mol. The number of hydrogen-bond donors (Lipinski definition) is 3. The summed E-state index contributed by atoms with van der Waals surface area (Å²) in [6.45, 7) is 5.04. The van der Waals surface area contributed by atoms with Crippen molar-refractivity contribution in [2.75, 3.05) is 43.1 Å². The monoisotopic (exact) mass is 384 g/mol. The fourth-order valence-corrected chi connectivity index (χ4v) is 2.72. The average Bonchev–Trinajstić information content (AvgIpc) is 2.62. The second-order valence-corrected chi connectivity index (χ2v) is 6.75. The van der Waals surface area contributed by atoms with Crippen molar-refractivity contribution in [2.24, 2.45) is 11.7 Å². The largest absolute Gasteiger partial charge is 0.370 e. The van der Waals surface area contributed by atoms with Gasteiger partial charge in [-0.3, -0.25) is 9.59 Å². The molecule has 0 aromatic heterocycles. The van der Waals surface area contributed by atoms with Crippen LogP contribution in [0, 0.1) is 5.92 Å². The Hall–Kier alpha value is -2.10. The van der Waals surface area contributed by atoms with Gasteiger partial charge in [-0.1, -0.05) is 13.8 Å². The third-order valence-corrected chi connectivity index (χ3v) is 4.13. The maximum absolute atomic E-state index is 13.5. The molecule has 1 atom stereocenters. The van der Waals surface area contributed by atoms with Gasteiger partial charge in [0.15, 0.2) is 0 Å². The van der Waals surface area contributed by atoms with Crippen LogP contribution in [0.5, 0.6) is 0 Å². The molecule has 2 amide bonds. The predicted molar refractivity (Wildman–Crippen MR) is 98.9 cm³/mol. The van der Waals surface area contributed by atoms with Gasteiger partial charge in [-0.05, 0) is 30.7 Å². The van der Waals surface area contributed by atoms with Crippen LogP contribution in [0.4, 0.5) is 20.2 Å². The predicted octanol–water partition coefficient (Wildman–Crippen LogP) is 1.50. The van der Waals surface area contributed by atoms with Gasteiger partial charge < -0.3 is 26.0 Å². The highest BCUT2D eigenvalue weighted by Gasteiger charge is 2.26. The van der Waals surface area contributed by atoms with Crippen LogP contribution in [0.3, 0.4) is 0 Å². The normalized spacial score (nSPS) is 16.1. The molecule has 1 saturated heterocycles. The maximum atomic E-state index is 13.5. The smallest absolute Gasteiger partial charge is 0.265 e. The van der Waals surface area contributed by atoms with E-state index in [-0.39, 0.29) is 49.1 Å². The van der Waals surface area contributed by atoms with E-state index in [1.807, 2.05) is 13.8 Å². The molecule has 1 heterocycles. The maximum Gasteiger partial charge on any atom is 0.265 e. The summed E-state index contributed by atoms with van der Waals surface area (Å²) in [5.74, 6) is -0.433. The second-order valence-electron chi connectivity index (χ2n) is 6.75. The molecule has 150 valence electrons. The molecule has 4 N–H and O–H groups in total. The van der Waals surface area contributed by atoms with Gasteiger partial charge in [-0.25, -0.2) is 8.78 Å². The number of benzene rings is 1. The van der Waals surface area contributed by atoms with E-state index in [0.717, 1.165) is 0 Å². The van der Waals surface area contributed by atoms with Gasteiger partial charge in [0.2, 0.25) is 5.91 Å². The second kappa shape index (κ2) is 9.72. The van der Waals surface area contributed by atoms with E-state index >= 15 is 0 Å². The lowest BCUT2D eigenvalue weighted by Gasteiger charge is -2.29. The highest BCUT2D eigenvalue weighted by molar-refractivity contribution is 5.97. The molecule has 0 saturated carbocycles. The van der Waals surface area contributed by atoms with E-state index in [9.17, 15) is 18.4 Å². The van der Waals surface area contributed by atoms with Crippen molar-refractivity contribution in [3.8, 4) is 0 Å². The van der Waals surface area contributed by atoms with Gasteiger partial charge in [0.05, 0.1) is 18.3 Å². The summed E-state index contributed by atoms with van der Waals surface area (Å²) in [6.07, 6.45) is -2.79. The van der Waals surface area contributed by atoms with Gasteiger partial charge in [-0.2, -0.15) is 0 Å². The lowest BCUT2D eigenvalue weighted by molar-refractivity contribution is -0.125. The van der Waals surface area contributed by atoms with Crippen molar-refractivity contribution >= 4 is 23.2 Å². The highest BCUT2D eigenvalue weighted by atomic mass is 19.3. The zero-order valence-corrected chi connectivity index (χ0v) is 15.5. The molecule has 2 rings (SSSR count). The van der Waals surface area contributed by atoms with Gasteiger partial charge >= 0.3 is 0 Å².